The fourth-order valence-corrected chi connectivity index (χ4v) is 1.70. The van der Waals surface area contributed by atoms with Crippen molar-refractivity contribution in [2.45, 2.75) is 71.1 Å². The van der Waals surface area contributed by atoms with Crippen LogP contribution in [0.4, 0.5) is 0 Å². The minimum Gasteiger partial charge on any atom is -0.481 e. The van der Waals surface area contributed by atoms with Crippen LogP contribution in [0.25, 0.3) is 0 Å². The molecule has 2 heteroatoms. The Bertz CT molecular complexity index is 185. The number of rotatable bonds is 11. The molecular weight excluding hydrogens is 200 g/mol. The Morgan fingerprint density at radius 3 is 2.06 bits per heavy atom. The van der Waals surface area contributed by atoms with Gasteiger partial charge in [-0.1, -0.05) is 64.0 Å². The van der Waals surface area contributed by atoms with Crippen LogP contribution in [0, 0.1) is 0 Å². The highest BCUT2D eigenvalue weighted by Gasteiger charge is 1.91. The van der Waals surface area contributed by atoms with Crippen LogP contribution in [0.15, 0.2) is 12.2 Å². The molecule has 94 valence electrons. The Balaban J connectivity index is 3.03. The van der Waals surface area contributed by atoms with Gasteiger partial charge in [0.1, 0.15) is 0 Å². The Kier molecular flexibility index (Phi) is 11.7. The van der Waals surface area contributed by atoms with Gasteiger partial charge in [0, 0.05) is 0 Å². The maximum absolute atomic E-state index is 10.2. The first-order valence-corrected chi connectivity index (χ1v) is 6.64. The minimum atomic E-state index is -0.743. The van der Waals surface area contributed by atoms with Crippen molar-refractivity contribution in [1.82, 2.24) is 0 Å². The molecule has 0 aromatic carbocycles. The average Bonchev–Trinajstić information content (AvgIpc) is 2.25. The molecule has 0 aromatic rings. The number of hydrogen-bond acceptors (Lipinski definition) is 1. The third-order valence-corrected chi connectivity index (χ3v) is 2.68. The molecule has 0 aliphatic rings. The molecule has 0 aliphatic carbocycles. The Morgan fingerprint density at radius 1 is 0.938 bits per heavy atom. The molecule has 0 bridgehead atoms. The fourth-order valence-electron chi connectivity index (χ4n) is 1.70. The van der Waals surface area contributed by atoms with E-state index in [1.165, 1.54) is 51.4 Å². The van der Waals surface area contributed by atoms with Crippen LogP contribution in [-0.2, 0) is 4.79 Å². The molecule has 0 amide bonds. The van der Waals surface area contributed by atoms with Gasteiger partial charge in [-0.05, 0) is 12.8 Å². The number of carboxylic acids is 1. The standard InChI is InChI=1S/C14H26O2/c1-2-3-4-5-6-7-8-9-10-11-12-13-14(15)16/h11-12H,2-10,13H2,1H3,(H,15,16)/b12-11+. The van der Waals surface area contributed by atoms with E-state index in [2.05, 4.69) is 6.92 Å². The minimum absolute atomic E-state index is 0.164. The lowest BCUT2D eigenvalue weighted by atomic mass is 10.1. The summed E-state index contributed by atoms with van der Waals surface area (Å²) in [6.45, 7) is 2.24. The maximum Gasteiger partial charge on any atom is 0.307 e. The van der Waals surface area contributed by atoms with Crippen molar-refractivity contribution in [2.75, 3.05) is 0 Å². The van der Waals surface area contributed by atoms with Crippen LogP contribution in [0.1, 0.15) is 71.1 Å². The van der Waals surface area contributed by atoms with Crippen molar-refractivity contribution in [3.05, 3.63) is 12.2 Å². The third-order valence-electron chi connectivity index (χ3n) is 2.68. The number of carboxylic acid groups (broad SMARTS) is 1. The second-order valence-corrected chi connectivity index (χ2v) is 4.33. The van der Waals surface area contributed by atoms with Crippen LogP contribution in [0.2, 0.25) is 0 Å². The van der Waals surface area contributed by atoms with Gasteiger partial charge >= 0.3 is 5.97 Å². The van der Waals surface area contributed by atoms with Gasteiger partial charge in [-0.15, -0.1) is 0 Å². The van der Waals surface area contributed by atoms with Crippen molar-refractivity contribution >= 4 is 5.97 Å². The van der Waals surface area contributed by atoms with Gasteiger partial charge in [0.15, 0.2) is 0 Å². The first-order valence-electron chi connectivity index (χ1n) is 6.64. The average molecular weight is 226 g/mol. The summed E-state index contributed by atoms with van der Waals surface area (Å²) in [6, 6.07) is 0. The molecular formula is C14H26O2. The molecule has 0 saturated heterocycles. The van der Waals surface area contributed by atoms with Crippen molar-refractivity contribution in [1.29, 1.82) is 0 Å². The zero-order chi connectivity index (χ0) is 12.1. The van der Waals surface area contributed by atoms with E-state index < -0.39 is 5.97 Å². The molecule has 0 aromatic heterocycles. The number of allylic oxidation sites excluding steroid dienone is 1. The normalized spacial score (nSPS) is 11.1. The lowest BCUT2D eigenvalue weighted by Gasteiger charge is -1.99. The van der Waals surface area contributed by atoms with E-state index in [1.54, 1.807) is 6.08 Å². The van der Waals surface area contributed by atoms with Gasteiger partial charge in [0.2, 0.25) is 0 Å². The van der Waals surface area contributed by atoms with Crippen LogP contribution >= 0.6 is 0 Å². The number of hydrogen-bond donors (Lipinski definition) is 1. The quantitative estimate of drug-likeness (QED) is 0.414. The highest BCUT2D eigenvalue weighted by molar-refractivity contribution is 5.68. The summed E-state index contributed by atoms with van der Waals surface area (Å²) >= 11 is 0. The number of aliphatic carboxylic acids is 1. The van der Waals surface area contributed by atoms with Crippen LogP contribution < -0.4 is 0 Å². The molecule has 16 heavy (non-hydrogen) atoms. The summed E-state index contributed by atoms with van der Waals surface area (Å²) in [5, 5.41) is 8.41. The van der Waals surface area contributed by atoms with E-state index in [-0.39, 0.29) is 6.42 Å². The lowest BCUT2D eigenvalue weighted by molar-refractivity contribution is -0.136. The SMILES string of the molecule is CCCCCCCCCC/C=C/CC(=O)O. The van der Waals surface area contributed by atoms with Crippen molar-refractivity contribution in [3.8, 4) is 0 Å². The summed E-state index contributed by atoms with van der Waals surface area (Å²) in [4.78, 5) is 10.2. The largest absolute Gasteiger partial charge is 0.481 e. The zero-order valence-corrected chi connectivity index (χ0v) is 10.6. The molecule has 0 fully saturated rings. The number of unbranched alkanes of at least 4 members (excludes halogenated alkanes) is 8. The summed E-state index contributed by atoms with van der Waals surface area (Å²) < 4.78 is 0. The van der Waals surface area contributed by atoms with Crippen molar-refractivity contribution in [2.24, 2.45) is 0 Å². The summed E-state index contributed by atoms with van der Waals surface area (Å²) in [7, 11) is 0. The van der Waals surface area contributed by atoms with E-state index in [0.717, 1.165) is 6.42 Å². The van der Waals surface area contributed by atoms with Crippen molar-refractivity contribution < 1.29 is 9.90 Å². The Hall–Kier alpha value is -0.790. The monoisotopic (exact) mass is 226 g/mol. The van der Waals surface area contributed by atoms with E-state index >= 15 is 0 Å². The summed E-state index contributed by atoms with van der Waals surface area (Å²) in [5.74, 6) is -0.743. The van der Waals surface area contributed by atoms with Gasteiger partial charge in [-0.3, -0.25) is 4.79 Å². The van der Waals surface area contributed by atoms with Gasteiger partial charge in [-0.25, -0.2) is 0 Å². The molecule has 0 saturated carbocycles. The van der Waals surface area contributed by atoms with Gasteiger partial charge < -0.3 is 5.11 Å². The predicted molar refractivity (Wildman–Crippen MR) is 68.6 cm³/mol. The van der Waals surface area contributed by atoms with Crippen molar-refractivity contribution in [3.63, 3.8) is 0 Å². The molecule has 0 aliphatic heterocycles. The predicted octanol–water partition coefficient (Wildman–Crippen LogP) is 4.55. The molecule has 0 unspecified atom stereocenters. The highest BCUT2D eigenvalue weighted by Crippen LogP contribution is 2.09. The molecule has 0 rings (SSSR count). The van der Waals surface area contributed by atoms with Crippen LogP contribution in [-0.4, -0.2) is 11.1 Å². The van der Waals surface area contributed by atoms with E-state index in [9.17, 15) is 4.79 Å². The molecule has 0 spiro atoms. The highest BCUT2D eigenvalue weighted by atomic mass is 16.4. The van der Waals surface area contributed by atoms with E-state index in [0.29, 0.717) is 0 Å². The van der Waals surface area contributed by atoms with E-state index in [4.69, 9.17) is 5.11 Å². The molecule has 1 N–H and O–H groups in total. The van der Waals surface area contributed by atoms with Gasteiger partial charge in [0.25, 0.3) is 0 Å². The third kappa shape index (κ3) is 13.2. The van der Waals surface area contributed by atoms with E-state index in [1.807, 2.05) is 6.08 Å². The van der Waals surface area contributed by atoms with Crippen LogP contribution in [0.5, 0.6) is 0 Å². The molecule has 2 nitrogen and oxygen atoms in total. The smallest absolute Gasteiger partial charge is 0.307 e. The molecule has 0 atom stereocenters. The summed E-state index contributed by atoms with van der Waals surface area (Å²) in [6.07, 6.45) is 15.6. The lowest BCUT2D eigenvalue weighted by Crippen LogP contribution is -1.89. The van der Waals surface area contributed by atoms with Gasteiger partial charge in [0.05, 0.1) is 6.42 Å². The topological polar surface area (TPSA) is 37.3 Å². The maximum atomic E-state index is 10.2. The number of carbonyl (C=O) groups is 1. The summed E-state index contributed by atoms with van der Waals surface area (Å²) in [5.41, 5.74) is 0. The zero-order valence-electron chi connectivity index (χ0n) is 10.6. The Morgan fingerprint density at radius 2 is 1.50 bits per heavy atom. The first kappa shape index (κ1) is 15.2. The van der Waals surface area contributed by atoms with Crippen LogP contribution in [0.3, 0.4) is 0 Å². The fraction of sp³-hybridized carbons (Fsp3) is 0.786. The second-order valence-electron chi connectivity index (χ2n) is 4.33. The molecule has 0 heterocycles. The first-order chi connectivity index (χ1) is 7.77. The van der Waals surface area contributed by atoms with Gasteiger partial charge in [-0.2, -0.15) is 0 Å². The Labute approximate surface area is 99.7 Å². The molecule has 0 radical (unpaired) electrons. The second kappa shape index (κ2) is 12.3.